The Kier molecular flexibility index (Phi) is 7.80. The van der Waals surface area contributed by atoms with E-state index < -0.39 is 0 Å². The highest BCUT2D eigenvalue weighted by Crippen LogP contribution is 2.20. The van der Waals surface area contributed by atoms with Crippen molar-refractivity contribution in [3.8, 4) is 6.07 Å². The van der Waals surface area contributed by atoms with Crippen LogP contribution in [0.5, 0.6) is 0 Å². The molecule has 6 nitrogen and oxygen atoms in total. The lowest BCUT2D eigenvalue weighted by atomic mass is 10.2. The summed E-state index contributed by atoms with van der Waals surface area (Å²) in [5, 5.41) is 12.0. The van der Waals surface area contributed by atoms with Crippen LogP contribution in [0, 0.1) is 11.3 Å². The average Bonchev–Trinajstić information content (AvgIpc) is 2.64. The number of carbonyl (C=O) groups is 2. The van der Waals surface area contributed by atoms with Gasteiger partial charge in [-0.2, -0.15) is 5.26 Å². The fourth-order valence-corrected chi connectivity index (χ4v) is 2.72. The number of hydrogen-bond donors (Lipinski definition) is 1. The monoisotopic (exact) mass is 384 g/mol. The first-order valence-corrected chi connectivity index (χ1v) is 8.84. The van der Waals surface area contributed by atoms with Gasteiger partial charge in [-0.15, -0.1) is 0 Å². The van der Waals surface area contributed by atoms with Gasteiger partial charge in [0.25, 0.3) is 0 Å². The molecule has 27 heavy (non-hydrogen) atoms. The summed E-state index contributed by atoms with van der Waals surface area (Å²) in [6.07, 6.45) is 0.233. The quantitative estimate of drug-likeness (QED) is 0.758. The van der Waals surface area contributed by atoms with Gasteiger partial charge in [-0.25, -0.2) is 0 Å². The molecule has 0 spiro atoms. The molecular weight excluding hydrogens is 364 g/mol. The molecule has 0 unspecified atom stereocenters. The highest BCUT2D eigenvalue weighted by atomic mass is 35.5. The maximum Gasteiger partial charge on any atom is 0.241 e. The number of likely N-dealkylation sites (N-methyl/N-ethyl adjacent to an activating group) is 1. The minimum atomic E-state index is -0.262. The smallest absolute Gasteiger partial charge is 0.241 e. The number of halogens is 1. The van der Waals surface area contributed by atoms with E-state index in [1.807, 2.05) is 30.3 Å². The Labute approximate surface area is 163 Å². The normalized spacial score (nSPS) is 10.3. The number of nitrogens with one attached hydrogen (secondary N) is 1. The predicted molar refractivity (Wildman–Crippen MR) is 107 cm³/mol. The molecule has 0 heterocycles. The molecule has 2 aromatic rings. The molecule has 0 aliphatic heterocycles. The summed E-state index contributed by atoms with van der Waals surface area (Å²) in [5.74, 6) is -0.439. The van der Waals surface area contributed by atoms with E-state index in [0.717, 1.165) is 5.69 Å². The molecule has 0 aliphatic carbocycles. The maximum atomic E-state index is 12.7. The fraction of sp³-hybridized carbons (Fsp3) is 0.250. The van der Waals surface area contributed by atoms with Crippen molar-refractivity contribution in [2.75, 3.05) is 36.9 Å². The van der Waals surface area contributed by atoms with Gasteiger partial charge in [0.15, 0.2) is 0 Å². The van der Waals surface area contributed by atoms with Crippen LogP contribution in [0.3, 0.4) is 0 Å². The third kappa shape index (κ3) is 6.41. The third-order valence-corrected chi connectivity index (χ3v) is 4.11. The van der Waals surface area contributed by atoms with Crippen LogP contribution in [0.2, 0.25) is 5.02 Å². The van der Waals surface area contributed by atoms with E-state index in [0.29, 0.717) is 17.3 Å². The van der Waals surface area contributed by atoms with Crippen molar-refractivity contribution in [1.29, 1.82) is 5.26 Å². The second-order valence-corrected chi connectivity index (χ2v) is 6.40. The zero-order chi connectivity index (χ0) is 19.6. The molecule has 0 bridgehead atoms. The Morgan fingerprint density at radius 3 is 2.41 bits per heavy atom. The first-order valence-electron chi connectivity index (χ1n) is 8.46. The van der Waals surface area contributed by atoms with Crippen molar-refractivity contribution in [3.05, 3.63) is 59.6 Å². The van der Waals surface area contributed by atoms with Gasteiger partial charge in [-0.3, -0.25) is 14.5 Å². The van der Waals surface area contributed by atoms with Gasteiger partial charge in [0.1, 0.15) is 0 Å². The summed E-state index contributed by atoms with van der Waals surface area (Å²) in [6, 6.07) is 18.2. The van der Waals surface area contributed by atoms with Crippen LogP contribution >= 0.6 is 11.6 Å². The molecule has 2 rings (SSSR count). The highest BCUT2D eigenvalue weighted by Gasteiger charge is 2.18. The summed E-state index contributed by atoms with van der Waals surface area (Å²) in [5.41, 5.74) is 1.26. The predicted octanol–water partition coefficient (Wildman–Crippen LogP) is 3.16. The minimum Gasteiger partial charge on any atom is -0.324 e. The molecular formula is C20H21ClN4O2. The number of carbonyl (C=O) groups excluding carboxylic acids is 2. The molecule has 0 saturated heterocycles. The molecule has 140 valence electrons. The van der Waals surface area contributed by atoms with Crippen LogP contribution in [-0.4, -0.2) is 43.4 Å². The van der Waals surface area contributed by atoms with Crippen LogP contribution < -0.4 is 10.2 Å². The number of rotatable bonds is 8. The highest BCUT2D eigenvalue weighted by molar-refractivity contribution is 6.33. The van der Waals surface area contributed by atoms with Crippen molar-refractivity contribution >= 4 is 34.8 Å². The van der Waals surface area contributed by atoms with E-state index in [1.165, 1.54) is 0 Å². The van der Waals surface area contributed by atoms with Crippen LogP contribution in [-0.2, 0) is 9.59 Å². The SMILES string of the molecule is CN(CC(=O)Nc1ccccc1Cl)CC(=O)N(CCC#N)c1ccccc1. The fourth-order valence-electron chi connectivity index (χ4n) is 2.54. The first kappa shape index (κ1) is 20.4. The van der Waals surface area contributed by atoms with Crippen LogP contribution in [0.1, 0.15) is 6.42 Å². The molecule has 0 aromatic heterocycles. The number of benzene rings is 2. The van der Waals surface area contributed by atoms with Gasteiger partial charge in [0.05, 0.1) is 36.3 Å². The van der Waals surface area contributed by atoms with Gasteiger partial charge in [-0.1, -0.05) is 41.9 Å². The molecule has 7 heteroatoms. The molecule has 0 atom stereocenters. The number of hydrogen-bond acceptors (Lipinski definition) is 4. The summed E-state index contributed by atoms with van der Waals surface area (Å²) in [7, 11) is 1.69. The van der Waals surface area contributed by atoms with E-state index in [4.69, 9.17) is 16.9 Å². The topological polar surface area (TPSA) is 76.4 Å². The molecule has 0 radical (unpaired) electrons. The summed E-state index contributed by atoms with van der Waals surface area (Å²) < 4.78 is 0. The van der Waals surface area contributed by atoms with Crippen molar-refractivity contribution in [1.82, 2.24) is 4.90 Å². The second-order valence-electron chi connectivity index (χ2n) is 5.99. The number of nitrogens with zero attached hydrogens (tertiary/aromatic N) is 3. The first-order chi connectivity index (χ1) is 13.0. The number of para-hydroxylation sites is 2. The van der Waals surface area contributed by atoms with Gasteiger partial charge < -0.3 is 10.2 Å². The number of anilines is 2. The molecule has 1 N–H and O–H groups in total. The Morgan fingerprint density at radius 2 is 1.74 bits per heavy atom. The second kappa shape index (κ2) is 10.3. The van der Waals surface area contributed by atoms with Crippen molar-refractivity contribution in [2.24, 2.45) is 0 Å². The zero-order valence-corrected chi connectivity index (χ0v) is 15.8. The lowest BCUT2D eigenvalue weighted by Crippen LogP contribution is -2.42. The Hall–Kier alpha value is -2.88. The van der Waals surface area contributed by atoms with Crippen LogP contribution in [0.4, 0.5) is 11.4 Å². The van der Waals surface area contributed by atoms with Crippen molar-refractivity contribution in [2.45, 2.75) is 6.42 Å². The van der Waals surface area contributed by atoms with E-state index in [-0.39, 0.29) is 31.3 Å². The van der Waals surface area contributed by atoms with Gasteiger partial charge in [-0.05, 0) is 31.3 Å². The molecule has 0 fully saturated rings. The minimum absolute atomic E-state index is 0.0395. The third-order valence-electron chi connectivity index (χ3n) is 3.78. The lowest BCUT2D eigenvalue weighted by Gasteiger charge is -2.24. The van der Waals surface area contributed by atoms with E-state index in [9.17, 15) is 9.59 Å². The molecule has 2 aromatic carbocycles. The van der Waals surface area contributed by atoms with Crippen molar-refractivity contribution < 1.29 is 9.59 Å². The largest absolute Gasteiger partial charge is 0.324 e. The maximum absolute atomic E-state index is 12.7. The molecule has 2 amide bonds. The summed E-state index contributed by atoms with van der Waals surface area (Å²) in [6.45, 7) is 0.396. The van der Waals surface area contributed by atoms with Crippen LogP contribution in [0.25, 0.3) is 0 Å². The Morgan fingerprint density at radius 1 is 1.07 bits per heavy atom. The van der Waals surface area contributed by atoms with Crippen molar-refractivity contribution in [3.63, 3.8) is 0 Å². The van der Waals surface area contributed by atoms with E-state index in [1.54, 1.807) is 41.1 Å². The Bertz CT molecular complexity index is 820. The average molecular weight is 385 g/mol. The van der Waals surface area contributed by atoms with Gasteiger partial charge in [0, 0.05) is 12.2 Å². The van der Waals surface area contributed by atoms with Gasteiger partial charge in [0.2, 0.25) is 11.8 Å². The standard InChI is InChI=1S/C20H21ClN4O2/c1-24(14-19(26)23-18-11-6-5-10-17(18)21)15-20(27)25(13-7-12-22)16-8-3-2-4-9-16/h2-6,8-11H,7,13-15H2,1H3,(H,23,26). The van der Waals surface area contributed by atoms with Gasteiger partial charge >= 0.3 is 0 Å². The zero-order valence-electron chi connectivity index (χ0n) is 15.1. The van der Waals surface area contributed by atoms with E-state index in [2.05, 4.69) is 11.4 Å². The molecule has 0 saturated carbocycles. The van der Waals surface area contributed by atoms with E-state index >= 15 is 0 Å². The molecule has 0 aliphatic rings. The number of amides is 2. The van der Waals surface area contributed by atoms with Crippen LogP contribution in [0.15, 0.2) is 54.6 Å². The lowest BCUT2D eigenvalue weighted by molar-refractivity contribution is -0.121. The Balaban J connectivity index is 1.95. The number of nitriles is 1. The summed E-state index contributed by atoms with van der Waals surface area (Å²) in [4.78, 5) is 28.0. The summed E-state index contributed by atoms with van der Waals surface area (Å²) >= 11 is 6.03.